The van der Waals surface area contributed by atoms with Crippen molar-refractivity contribution in [1.82, 2.24) is 14.3 Å². The largest absolute Gasteiger partial charge is 0.486 e. The molecule has 0 amide bonds. The third kappa shape index (κ3) is 3.10. The molecule has 2 aliphatic heterocycles. The average Bonchev–Trinajstić information content (AvgIpc) is 3.16. The zero-order valence-corrected chi connectivity index (χ0v) is 17.6. The van der Waals surface area contributed by atoms with Crippen LogP contribution in [0.2, 0.25) is 0 Å². The number of aromatic nitrogens is 3. The lowest BCUT2D eigenvalue weighted by Crippen LogP contribution is -2.35. The van der Waals surface area contributed by atoms with Gasteiger partial charge in [0.2, 0.25) is 0 Å². The second-order valence-corrected chi connectivity index (χ2v) is 8.96. The van der Waals surface area contributed by atoms with Gasteiger partial charge in [-0.3, -0.25) is 9.48 Å². The lowest BCUT2D eigenvalue weighted by atomic mass is 9.85. The molecule has 1 N–H and O–H groups in total. The summed E-state index contributed by atoms with van der Waals surface area (Å²) < 4.78 is 15.3. The van der Waals surface area contributed by atoms with Crippen molar-refractivity contribution < 1.29 is 19.4 Å². The van der Waals surface area contributed by atoms with Crippen molar-refractivity contribution in [2.75, 3.05) is 13.2 Å². The molecule has 0 saturated carbocycles. The zero-order valence-electron chi connectivity index (χ0n) is 17.6. The fourth-order valence-electron chi connectivity index (χ4n) is 4.29. The molecule has 0 unspecified atom stereocenters. The predicted molar refractivity (Wildman–Crippen MR) is 114 cm³/mol. The molecule has 5 rings (SSSR count). The van der Waals surface area contributed by atoms with Gasteiger partial charge in [0.15, 0.2) is 16.9 Å². The summed E-state index contributed by atoms with van der Waals surface area (Å²) in [6.07, 6.45) is 1.47. The molecule has 0 saturated heterocycles. The molecule has 2 aromatic heterocycles. The van der Waals surface area contributed by atoms with Crippen LogP contribution in [0.3, 0.4) is 0 Å². The van der Waals surface area contributed by atoms with Gasteiger partial charge in [0, 0.05) is 17.8 Å². The third-order valence-corrected chi connectivity index (χ3v) is 5.88. The van der Waals surface area contributed by atoms with Crippen LogP contribution in [0.25, 0.3) is 22.6 Å². The van der Waals surface area contributed by atoms with Crippen LogP contribution in [-0.4, -0.2) is 38.6 Å². The van der Waals surface area contributed by atoms with E-state index < -0.39 is 11.4 Å². The summed E-state index contributed by atoms with van der Waals surface area (Å²) in [7, 11) is 0. The first kappa shape index (κ1) is 19.4. The predicted octanol–water partition coefficient (Wildman–Crippen LogP) is 3.45. The smallest absolute Gasteiger partial charge is 0.341 e. The van der Waals surface area contributed by atoms with Crippen molar-refractivity contribution in [1.29, 1.82) is 0 Å². The highest BCUT2D eigenvalue weighted by Gasteiger charge is 2.35. The Bertz CT molecular complexity index is 1270. The van der Waals surface area contributed by atoms with E-state index in [0.29, 0.717) is 42.6 Å². The van der Waals surface area contributed by atoms with Crippen LogP contribution in [0, 0.1) is 5.41 Å². The highest BCUT2D eigenvalue weighted by atomic mass is 16.6. The van der Waals surface area contributed by atoms with E-state index in [1.54, 1.807) is 0 Å². The van der Waals surface area contributed by atoms with Gasteiger partial charge < -0.3 is 19.1 Å². The monoisotopic (exact) mass is 421 g/mol. The molecule has 0 fully saturated rings. The number of hydrogen-bond acceptors (Lipinski definition) is 5. The van der Waals surface area contributed by atoms with E-state index in [2.05, 4.69) is 20.8 Å². The summed E-state index contributed by atoms with van der Waals surface area (Å²) >= 11 is 0. The minimum absolute atomic E-state index is 0.0780. The number of carbonyl (C=O) groups is 1. The molecule has 4 heterocycles. The van der Waals surface area contributed by atoms with Crippen LogP contribution in [0.5, 0.6) is 11.5 Å². The molecule has 2 aliphatic rings. The molecular weight excluding hydrogens is 398 g/mol. The van der Waals surface area contributed by atoms with E-state index >= 15 is 0 Å². The van der Waals surface area contributed by atoms with Crippen molar-refractivity contribution in [3.8, 4) is 34.1 Å². The number of carboxylic acid groups (broad SMARTS) is 1. The Balaban J connectivity index is 1.71. The molecule has 1 aromatic carbocycles. The van der Waals surface area contributed by atoms with Gasteiger partial charge in [-0.05, 0) is 23.6 Å². The fourth-order valence-corrected chi connectivity index (χ4v) is 4.29. The normalized spacial score (nSPS) is 17.1. The van der Waals surface area contributed by atoms with Gasteiger partial charge in [0.25, 0.3) is 0 Å². The van der Waals surface area contributed by atoms with Gasteiger partial charge in [-0.25, -0.2) is 4.79 Å². The standard InChI is InChI=1S/C23H23N3O5/c1-23(2,3)20-12-26-17(16-10-18(27)14(22(28)29)11-25(16)20)9-15(24-26)13-5-4-6-19-21(13)31-8-7-30-19/h4-6,9-11,20H,7-8,12H2,1-3H3,(H,28,29)/t20-/m0/s1. The van der Waals surface area contributed by atoms with Crippen LogP contribution in [0.1, 0.15) is 37.2 Å². The molecule has 8 heteroatoms. The molecule has 0 aliphatic carbocycles. The van der Waals surface area contributed by atoms with Gasteiger partial charge in [-0.15, -0.1) is 0 Å². The SMILES string of the molecule is CC(C)(C)[C@@H]1Cn2nc(-c3cccc4c3OCCO4)cc2-c2cc(=O)c(C(=O)O)cn21. The van der Waals surface area contributed by atoms with Crippen molar-refractivity contribution in [3.05, 3.63) is 52.3 Å². The topological polar surface area (TPSA) is 95.6 Å². The minimum Gasteiger partial charge on any atom is -0.486 e. The highest BCUT2D eigenvalue weighted by molar-refractivity contribution is 5.87. The first-order valence-corrected chi connectivity index (χ1v) is 10.2. The summed E-state index contributed by atoms with van der Waals surface area (Å²) in [5.41, 5.74) is 2.02. The summed E-state index contributed by atoms with van der Waals surface area (Å²) in [4.78, 5) is 24.1. The molecule has 1 atom stereocenters. The van der Waals surface area contributed by atoms with Crippen molar-refractivity contribution >= 4 is 5.97 Å². The Labute approximate surface area is 178 Å². The first-order valence-electron chi connectivity index (χ1n) is 10.2. The van der Waals surface area contributed by atoms with Crippen LogP contribution >= 0.6 is 0 Å². The van der Waals surface area contributed by atoms with Crippen molar-refractivity contribution in [3.63, 3.8) is 0 Å². The maximum atomic E-state index is 12.5. The summed E-state index contributed by atoms with van der Waals surface area (Å²) in [5, 5.41) is 14.3. The second kappa shape index (κ2) is 6.73. The molecule has 8 nitrogen and oxygen atoms in total. The Morgan fingerprint density at radius 3 is 2.68 bits per heavy atom. The van der Waals surface area contributed by atoms with Gasteiger partial charge in [0.1, 0.15) is 18.8 Å². The van der Waals surface area contributed by atoms with Crippen LogP contribution in [0.4, 0.5) is 0 Å². The number of ether oxygens (including phenoxy) is 2. The molecule has 3 aromatic rings. The lowest BCUT2D eigenvalue weighted by molar-refractivity contribution is 0.0693. The van der Waals surface area contributed by atoms with Gasteiger partial charge in [-0.2, -0.15) is 5.10 Å². The molecule has 160 valence electrons. The molecule has 0 radical (unpaired) electrons. The van der Waals surface area contributed by atoms with Crippen LogP contribution in [0.15, 0.2) is 41.3 Å². The molecular formula is C23H23N3O5. The van der Waals surface area contributed by atoms with Crippen molar-refractivity contribution in [2.45, 2.75) is 33.4 Å². The number of rotatable bonds is 2. The minimum atomic E-state index is -1.22. The van der Waals surface area contributed by atoms with E-state index in [1.807, 2.05) is 33.5 Å². The number of fused-ring (bicyclic) bond motifs is 4. The fraction of sp³-hybridized carbons (Fsp3) is 0.348. The Hall–Kier alpha value is -3.55. The summed E-state index contributed by atoms with van der Waals surface area (Å²) in [6.45, 7) is 7.81. The number of pyridine rings is 1. The maximum Gasteiger partial charge on any atom is 0.341 e. The number of benzene rings is 1. The third-order valence-electron chi connectivity index (χ3n) is 5.88. The van der Waals surface area contributed by atoms with E-state index in [0.717, 1.165) is 11.3 Å². The first-order chi connectivity index (χ1) is 14.7. The van der Waals surface area contributed by atoms with E-state index in [1.165, 1.54) is 12.3 Å². The molecule has 31 heavy (non-hydrogen) atoms. The van der Waals surface area contributed by atoms with Crippen molar-refractivity contribution in [2.24, 2.45) is 5.41 Å². The molecule has 0 spiro atoms. The van der Waals surface area contributed by atoms with E-state index in [9.17, 15) is 14.7 Å². The number of hydrogen-bond donors (Lipinski definition) is 1. The van der Waals surface area contributed by atoms with Gasteiger partial charge in [0.05, 0.1) is 29.7 Å². The highest BCUT2D eigenvalue weighted by Crippen LogP contribution is 2.43. The van der Waals surface area contributed by atoms with Gasteiger partial charge in [-0.1, -0.05) is 26.8 Å². The quantitative estimate of drug-likeness (QED) is 0.681. The molecule has 0 bridgehead atoms. The van der Waals surface area contributed by atoms with E-state index in [-0.39, 0.29) is 17.0 Å². The lowest BCUT2D eigenvalue weighted by Gasteiger charge is -2.38. The van der Waals surface area contributed by atoms with Gasteiger partial charge >= 0.3 is 5.97 Å². The summed E-state index contributed by atoms with van der Waals surface area (Å²) in [5.74, 6) is 0.126. The number of nitrogens with zero attached hydrogens (tertiary/aromatic N) is 3. The number of para-hydroxylation sites is 1. The van der Waals surface area contributed by atoms with Crippen LogP contribution < -0.4 is 14.9 Å². The van der Waals surface area contributed by atoms with E-state index in [4.69, 9.17) is 14.6 Å². The maximum absolute atomic E-state index is 12.5. The second-order valence-electron chi connectivity index (χ2n) is 8.96. The zero-order chi connectivity index (χ0) is 21.9. The Kier molecular flexibility index (Phi) is 4.22. The number of aromatic carboxylic acids is 1. The summed E-state index contributed by atoms with van der Waals surface area (Å²) in [6, 6.07) is 8.94. The Morgan fingerprint density at radius 1 is 1.16 bits per heavy atom. The van der Waals surface area contributed by atoms with Crippen LogP contribution in [-0.2, 0) is 6.54 Å². The number of carboxylic acids is 1. The average molecular weight is 421 g/mol. The Morgan fingerprint density at radius 2 is 1.94 bits per heavy atom.